The molecule has 0 aliphatic carbocycles. The third-order valence-electron chi connectivity index (χ3n) is 10.1. The number of nitrogens with one attached hydrogen (secondary N) is 5. The summed E-state index contributed by atoms with van der Waals surface area (Å²) in [5, 5.41) is 54.7. The molecular formula is C38H66N8O13S3. The number of carbonyl (C=O) groups is 3. The summed E-state index contributed by atoms with van der Waals surface area (Å²) >= 11 is 1.93. The van der Waals surface area contributed by atoms with Crippen LogP contribution in [0.1, 0.15) is 56.7 Å². The SMILES string of the molecule is Nc1nc(=O)n([C@@H]2O[C@H](CO)C(O)C2O)cc1CCCNC(=O)CCSSCCNC(=O)CCOCCOCCOCCOCCNC(=O)CCCC[C@@H]1SC[C@@H]2NC(O)N[C@@H]21. The van der Waals surface area contributed by atoms with Crippen molar-refractivity contribution in [3.05, 3.63) is 22.2 Å². The highest BCUT2D eigenvalue weighted by Gasteiger charge is 2.44. The number of thioether (sulfide) groups is 1. The first-order valence-corrected chi connectivity index (χ1v) is 24.8. The van der Waals surface area contributed by atoms with E-state index in [1.54, 1.807) is 21.6 Å². The van der Waals surface area contributed by atoms with Gasteiger partial charge >= 0.3 is 5.69 Å². The van der Waals surface area contributed by atoms with Crippen LogP contribution in [0, 0.1) is 0 Å². The predicted molar refractivity (Wildman–Crippen MR) is 235 cm³/mol. The fourth-order valence-corrected chi connectivity index (χ4v) is 10.3. The number of hydrogen-bond donors (Lipinski definition) is 10. The van der Waals surface area contributed by atoms with Crippen molar-refractivity contribution in [2.75, 3.05) is 102 Å². The molecule has 24 heteroatoms. The molecular weight excluding hydrogens is 873 g/mol. The number of hydrogen-bond acceptors (Lipinski definition) is 20. The van der Waals surface area contributed by atoms with E-state index in [9.17, 15) is 39.6 Å². The van der Waals surface area contributed by atoms with E-state index >= 15 is 0 Å². The average Bonchev–Trinajstić information content (AvgIpc) is 3.90. The molecule has 3 saturated heterocycles. The van der Waals surface area contributed by atoms with Crippen molar-refractivity contribution >= 4 is 56.9 Å². The first-order valence-electron chi connectivity index (χ1n) is 21.2. The third-order valence-corrected chi connectivity index (χ3v) is 14.1. The highest BCUT2D eigenvalue weighted by Crippen LogP contribution is 2.33. The molecule has 4 heterocycles. The maximum absolute atomic E-state index is 12.4. The van der Waals surface area contributed by atoms with E-state index < -0.39 is 43.2 Å². The molecule has 4 rings (SSSR count). The molecule has 62 heavy (non-hydrogen) atoms. The summed E-state index contributed by atoms with van der Waals surface area (Å²) in [6.07, 6.45) is 0.584. The molecule has 0 radical (unpaired) electrons. The molecule has 3 fully saturated rings. The number of carbonyl (C=O) groups excluding carboxylic acids is 3. The van der Waals surface area contributed by atoms with E-state index in [2.05, 4.69) is 31.6 Å². The fraction of sp³-hybridized carbons (Fsp3) is 0.816. The summed E-state index contributed by atoms with van der Waals surface area (Å²) in [6.45, 7) is 3.96. The van der Waals surface area contributed by atoms with Gasteiger partial charge in [0.2, 0.25) is 17.7 Å². The Hall–Kier alpha value is -2.30. The summed E-state index contributed by atoms with van der Waals surface area (Å²) in [4.78, 5) is 52.5. The lowest BCUT2D eigenvalue weighted by molar-refractivity contribution is -0.122. The molecule has 3 unspecified atom stereocenters. The number of unbranched alkanes of at least 4 members (excludes halogenated alkanes) is 1. The van der Waals surface area contributed by atoms with Crippen LogP contribution in [-0.4, -0.2) is 186 Å². The predicted octanol–water partition coefficient (Wildman–Crippen LogP) is -2.17. The Bertz CT molecular complexity index is 1540. The maximum Gasteiger partial charge on any atom is 0.351 e. The molecule has 0 spiro atoms. The largest absolute Gasteiger partial charge is 0.394 e. The number of fused-ring (bicyclic) bond motifs is 1. The second kappa shape index (κ2) is 30.0. The Morgan fingerprint density at radius 2 is 1.47 bits per heavy atom. The number of aryl methyl sites for hydroxylation is 1. The molecule has 354 valence electrons. The van der Waals surface area contributed by atoms with Crippen LogP contribution in [0.3, 0.4) is 0 Å². The van der Waals surface area contributed by atoms with Gasteiger partial charge in [-0.05, 0) is 25.7 Å². The van der Waals surface area contributed by atoms with Gasteiger partial charge in [0.15, 0.2) is 12.6 Å². The quantitative estimate of drug-likeness (QED) is 0.0265. The summed E-state index contributed by atoms with van der Waals surface area (Å²) < 4.78 is 28.4. The minimum Gasteiger partial charge on any atom is -0.394 e. The van der Waals surface area contributed by atoms with Crippen molar-refractivity contribution in [2.24, 2.45) is 0 Å². The number of amides is 3. The van der Waals surface area contributed by atoms with Gasteiger partial charge in [-0.25, -0.2) is 4.79 Å². The van der Waals surface area contributed by atoms with Crippen LogP contribution < -0.4 is 38.0 Å². The van der Waals surface area contributed by atoms with Gasteiger partial charge in [0, 0.05) is 85.2 Å². The number of nitrogen functional groups attached to an aromatic ring is 1. The molecule has 0 bridgehead atoms. The molecule has 3 aliphatic rings. The monoisotopic (exact) mass is 938 g/mol. The summed E-state index contributed by atoms with van der Waals surface area (Å²) in [7, 11) is 3.11. The zero-order valence-corrected chi connectivity index (χ0v) is 37.6. The van der Waals surface area contributed by atoms with Crippen LogP contribution in [0.15, 0.2) is 11.0 Å². The summed E-state index contributed by atoms with van der Waals surface area (Å²) in [5.74, 6) is 2.13. The van der Waals surface area contributed by atoms with E-state index in [0.717, 1.165) is 29.6 Å². The minimum absolute atomic E-state index is 0.0246. The Morgan fingerprint density at radius 3 is 2.19 bits per heavy atom. The molecule has 11 N–H and O–H groups in total. The van der Waals surface area contributed by atoms with Crippen LogP contribution in [0.5, 0.6) is 0 Å². The van der Waals surface area contributed by atoms with Crippen molar-refractivity contribution < 1.29 is 58.5 Å². The standard InChI is InChI=1S/C38H66N8O13S3/c39-35-25(22-46(38(54)45-35)36-34(52)33(51)27(23-47)59-36)4-3-9-40-31(50)8-20-61-62-21-11-42-30(49)7-12-55-14-16-57-18-19-58-17-15-56-13-10-41-29(48)6-2-1-5-28-32-26(24-60-28)43-37(53)44-32/h22,26-28,32-34,36-37,43-44,47,51-53H,1-21,23-24H2,(H,40,50)(H,41,48)(H,42,49)(H2,39,45,54)/t26-,27+,28-,32-,33?,34?,36+,37?/m0/s1. The number of anilines is 1. The Morgan fingerprint density at radius 1 is 0.823 bits per heavy atom. The maximum atomic E-state index is 12.4. The molecule has 3 aliphatic heterocycles. The van der Waals surface area contributed by atoms with Gasteiger partial charge in [-0.3, -0.25) is 29.6 Å². The summed E-state index contributed by atoms with van der Waals surface area (Å²) in [6, 6.07) is 0.629. The van der Waals surface area contributed by atoms with Crippen molar-refractivity contribution in [1.29, 1.82) is 0 Å². The van der Waals surface area contributed by atoms with Crippen LogP contribution in [0.2, 0.25) is 0 Å². The Balaban J connectivity index is 0.844. The van der Waals surface area contributed by atoms with Gasteiger partial charge in [-0.15, -0.1) is 0 Å². The van der Waals surface area contributed by atoms with E-state index in [0.29, 0.717) is 126 Å². The smallest absolute Gasteiger partial charge is 0.351 e. The molecule has 0 aromatic carbocycles. The fourth-order valence-electron chi connectivity index (χ4n) is 6.85. The number of ether oxygens (including phenoxy) is 5. The normalized spacial score (nSPS) is 24.3. The molecule has 8 atom stereocenters. The van der Waals surface area contributed by atoms with E-state index in [4.69, 9.17) is 29.4 Å². The first-order chi connectivity index (χ1) is 30.1. The number of rotatable bonds is 33. The van der Waals surface area contributed by atoms with Crippen LogP contribution in [0.25, 0.3) is 0 Å². The van der Waals surface area contributed by atoms with Gasteiger partial charge in [0.05, 0.1) is 59.5 Å². The van der Waals surface area contributed by atoms with Crippen LogP contribution >= 0.6 is 33.3 Å². The van der Waals surface area contributed by atoms with E-state index in [1.807, 2.05) is 11.8 Å². The zero-order chi connectivity index (χ0) is 44.5. The lowest BCUT2D eigenvalue weighted by atomic mass is 10.0. The molecule has 1 aromatic rings. The van der Waals surface area contributed by atoms with Crippen molar-refractivity contribution in [2.45, 2.75) is 99.6 Å². The third kappa shape index (κ3) is 19.0. The topological polar surface area (TPSA) is 299 Å². The van der Waals surface area contributed by atoms with E-state index in [1.165, 1.54) is 6.20 Å². The number of nitrogens with zero attached hydrogens (tertiary/aromatic N) is 2. The number of nitrogens with two attached hydrogens (primary N) is 1. The van der Waals surface area contributed by atoms with Gasteiger partial charge in [-0.2, -0.15) is 16.7 Å². The highest BCUT2D eigenvalue weighted by atomic mass is 33.1. The van der Waals surface area contributed by atoms with Crippen LogP contribution in [-0.2, 0) is 44.5 Å². The van der Waals surface area contributed by atoms with Gasteiger partial charge in [0.1, 0.15) is 24.1 Å². The molecule has 3 amide bonds. The lowest BCUT2D eigenvalue weighted by Crippen LogP contribution is -2.38. The first kappa shape index (κ1) is 52.3. The van der Waals surface area contributed by atoms with Crippen molar-refractivity contribution in [3.8, 4) is 0 Å². The molecule has 21 nitrogen and oxygen atoms in total. The Labute approximate surface area is 374 Å². The second-order valence-electron chi connectivity index (χ2n) is 14.8. The van der Waals surface area contributed by atoms with Gasteiger partial charge in [0.25, 0.3) is 0 Å². The molecule has 0 saturated carbocycles. The lowest BCUT2D eigenvalue weighted by Gasteiger charge is -2.18. The average molecular weight is 939 g/mol. The Kier molecular flexibility index (Phi) is 25.3. The van der Waals surface area contributed by atoms with E-state index in [-0.39, 0.29) is 36.6 Å². The van der Waals surface area contributed by atoms with Crippen molar-refractivity contribution in [1.82, 2.24) is 36.1 Å². The summed E-state index contributed by atoms with van der Waals surface area (Å²) in [5.41, 5.74) is 5.67. The number of aliphatic hydroxyl groups excluding tert-OH is 4. The highest BCUT2D eigenvalue weighted by molar-refractivity contribution is 8.76. The minimum atomic E-state index is -1.43. The zero-order valence-electron chi connectivity index (χ0n) is 35.1. The van der Waals surface area contributed by atoms with Crippen molar-refractivity contribution in [3.63, 3.8) is 0 Å². The number of aromatic nitrogens is 2. The van der Waals surface area contributed by atoms with Gasteiger partial charge < -0.3 is 65.8 Å². The molecule has 1 aromatic heterocycles. The second-order valence-corrected chi connectivity index (χ2v) is 18.8. The van der Waals surface area contributed by atoms with Crippen LogP contribution in [0.4, 0.5) is 5.82 Å². The van der Waals surface area contributed by atoms with Gasteiger partial charge in [-0.1, -0.05) is 28.0 Å². The number of aliphatic hydroxyl groups is 4.